The van der Waals surface area contributed by atoms with Crippen LogP contribution in [0.1, 0.15) is 52.4 Å². The third-order valence-electron chi connectivity index (χ3n) is 4.76. The molecule has 0 spiro atoms. The molecule has 1 heterocycles. The van der Waals surface area contributed by atoms with Gasteiger partial charge in [0.15, 0.2) is 0 Å². The number of piperidine rings is 1. The summed E-state index contributed by atoms with van der Waals surface area (Å²) in [6.45, 7) is 8.98. The van der Waals surface area contributed by atoms with E-state index >= 15 is 0 Å². The normalized spacial score (nSPS) is 38.2. The summed E-state index contributed by atoms with van der Waals surface area (Å²) in [6, 6.07) is 0.398. The van der Waals surface area contributed by atoms with Crippen molar-refractivity contribution in [1.82, 2.24) is 4.90 Å². The lowest BCUT2D eigenvalue weighted by Crippen LogP contribution is -2.48. The Morgan fingerprint density at radius 2 is 2.17 bits per heavy atom. The molecule has 1 saturated heterocycles. The average molecular weight is 254 g/mol. The van der Waals surface area contributed by atoms with Crippen LogP contribution in [0.4, 0.5) is 0 Å². The maximum absolute atomic E-state index is 6.29. The molecule has 1 aliphatic carbocycles. The summed E-state index contributed by atoms with van der Waals surface area (Å²) < 4.78 is 5.91. The van der Waals surface area contributed by atoms with Crippen LogP contribution in [0.2, 0.25) is 0 Å². The van der Waals surface area contributed by atoms with E-state index in [0.717, 1.165) is 19.6 Å². The Morgan fingerprint density at radius 3 is 2.83 bits per heavy atom. The highest BCUT2D eigenvalue weighted by Crippen LogP contribution is 2.37. The van der Waals surface area contributed by atoms with Gasteiger partial charge in [0.25, 0.3) is 0 Å². The maximum Gasteiger partial charge on any atom is 0.0702 e. The number of rotatable bonds is 5. The van der Waals surface area contributed by atoms with E-state index in [9.17, 15) is 0 Å². The second-order valence-electron chi connectivity index (χ2n) is 6.52. The zero-order valence-electron chi connectivity index (χ0n) is 12.2. The fraction of sp³-hybridized carbons (Fsp3) is 1.00. The van der Waals surface area contributed by atoms with Gasteiger partial charge < -0.3 is 15.4 Å². The van der Waals surface area contributed by atoms with Gasteiger partial charge in [0.1, 0.15) is 0 Å². The molecule has 2 aliphatic rings. The summed E-state index contributed by atoms with van der Waals surface area (Å²) >= 11 is 0. The molecule has 2 fully saturated rings. The van der Waals surface area contributed by atoms with E-state index in [0.29, 0.717) is 17.6 Å². The molecule has 2 rings (SSSR count). The van der Waals surface area contributed by atoms with Crippen molar-refractivity contribution in [2.75, 3.05) is 26.2 Å². The van der Waals surface area contributed by atoms with E-state index in [4.69, 9.17) is 10.5 Å². The molecule has 3 heteroatoms. The van der Waals surface area contributed by atoms with Gasteiger partial charge in [0, 0.05) is 25.7 Å². The molecule has 3 unspecified atom stereocenters. The van der Waals surface area contributed by atoms with Crippen LogP contribution in [-0.4, -0.2) is 43.3 Å². The van der Waals surface area contributed by atoms with E-state index in [1.165, 1.54) is 45.2 Å². The predicted octanol–water partition coefficient (Wildman–Crippen LogP) is 2.39. The number of ether oxygens (including phenoxy) is 1. The molecule has 106 valence electrons. The number of hydrogen-bond donors (Lipinski definition) is 1. The van der Waals surface area contributed by atoms with Crippen molar-refractivity contribution in [3.05, 3.63) is 0 Å². The first-order valence-corrected chi connectivity index (χ1v) is 7.73. The van der Waals surface area contributed by atoms with Crippen LogP contribution < -0.4 is 5.73 Å². The van der Waals surface area contributed by atoms with Gasteiger partial charge >= 0.3 is 0 Å². The molecule has 3 atom stereocenters. The fourth-order valence-corrected chi connectivity index (χ4v) is 3.54. The van der Waals surface area contributed by atoms with Gasteiger partial charge in [-0.1, -0.05) is 20.3 Å². The Kier molecular flexibility index (Phi) is 5.05. The van der Waals surface area contributed by atoms with Gasteiger partial charge in [-0.2, -0.15) is 0 Å². The molecule has 3 nitrogen and oxygen atoms in total. The molecule has 0 bridgehead atoms. The summed E-state index contributed by atoms with van der Waals surface area (Å²) in [5, 5.41) is 0. The first-order valence-electron chi connectivity index (χ1n) is 7.73. The molecule has 2 N–H and O–H groups in total. The van der Waals surface area contributed by atoms with Crippen molar-refractivity contribution in [3.8, 4) is 0 Å². The van der Waals surface area contributed by atoms with Gasteiger partial charge in [-0.3, -0.25) is 0 Å². The molecule has 0 radical (unpaired) electrons. The van der Waals surface area contributed by atoms with Gasteiger partial charge in [0.05, 0.1) is 6.10 Å². The quantitative estimate of drug-likeness (QED) is 0.819. The lowest BCUT2D eigenvalue weighted by molar-refractivity contribution is -0.0111. The highest BCUT2D eigenvalue weighted by Gasteiger charge is 2.38. The Balaban J connectivity index is 1.82. The molecular weight excluding hydrogens is 224 g/mol. The average Bonchev–Trinajstić information content (AvgIpc) is 2.67. The largest absolute Gasteiger partial charge is 0.377 e. The summed E-state index contributed by atoms with van der Waals surface area (Å²) in [5.74, 6) is 0. The first-order chi connectivity index (χ1) is 8.64. The molecular formula is C15H30N2O. The van der Waals surface area contributed by atoms with Crippen LogP contribution in [-0.2, 0) is 4.74 Å². The van der Waals surface area contributed by atoms with E-state index in [-0.39, 0.29) is 0 Å². The Labute approximate surface area is 112 Å². The maximum atomic E-state index is 6.29. The Bertz CT molecular complexity index is 259. The lowest BCUT2D eigenvalue weighted by atomic mass is 9.84. The summed E-state index contributed by atoms with van der Waals surface area (Å²) in [7, 11) is 0. The second kappa shape index (κ2) is 6.36. The van der Waals surface area contributed by atoms with Crippen LogP contribution in [0.3, 0.4) is 0 Å². The number of nitrogens with zero attached hydrogens (tertiary/aromatic N) is 1. The van der Waals surface area contributed by atoms with E-state index in [1.54, 1.807) is 0 Å². The van der Waals surface area contributed by atoms with Crippen molar-refractivity contribution < 1.29 is 4.74 Å². The van der Waals surface area contributed by atoms with Crippen LogP contribution >= 0.6 is 0 Å². The number of likely N-dealkylation sites (tertiary alicyclic amines) is 1. The van der Waals surface area contributed by atoms with E-state index < -0.39 is 0 Å². The molecule has 18 heavy (non-hydrogen) atoms. The second-order valence-corrected chi connectivity index (χ2v) is 6.52. The zero-order valence-corrected chi connectivity index (χ0v) is 12.2. The van der Waals surface area contributed by atoms with Crippen LogP contribution in [0.15, 0.2) is 0 Å². The van der Waals surface area contributed by atoms with E-state index in [1.807, 2.05) is 0 Å². The Hall–Kier alpha value is -0.120. The molecule has 0 aromatic heterocycles. The standard InChI is InChI=1S/C15H30N2O/c1-3-10-18-13-6-5-9-17(11-13)12-15(2)8-4-7-14(15)16/h13-14H,3-12,16H2,1-2H3. The molecule has 0 aromatic carbocycles. The van der Waals surface area contributed by atoms with Crippen LogP contribution in [0.5, 0.6) is 0 Å². The lowest BCUT2D eigenvalue weighted by Gasteiger charge is -2.39. The third-order valence-corrected chi connectivity index (χ3v) is 4.76. The molecule has 1 aliphatic heterocycles. The highest BCUT2D eigenvalue weighted by atomic mass is 16.5. The van der Waals surface area contributed by atoms with Crippen molar-refractivity contribution in [3.63, 3.8) is 0 Å². The highest BCUT2D eigenvalue weighted by molar-refractivity contribution is 4.94. The number of hydrogen-bond acceptors (Lipinski definition) is 3. The van der Waals surface area contributed by atoms with Gasteiger partial charge in [-0.25, -0.2) is 0 Å². The summed E-state index contributed by atoms with van der Waals surface area (Å²) in [4.78, 5) is 2.59. The fourth-order valence-electron chi connectivity index (χ4n) is 3.54. The molecule has 1 saturated carbocycles. The van der Waals surface area contributed by atoms with Gasteiger partial charge in [-0.15, -0.1) is 0 Å². The zero-order chi connectivity index (χ0) is 13.0. The summed E-state index contributed by atoms with van der Waals surface area (Å²) in [6.07, 6.45) is 7.91. The van der Waals surface area contributed by atoms with Gasteiger partial charge in [0.2, 0.25) is 0 Å². The van der Waals surface area contributed by atoms with Crippen LogP contribution in [0.25, 0.3) is 0 Å². The monoisotopic (exact) mass is 254 g/mol. The third kappa shape index (κ3) is 3.46. The van der Waals surface area contributed by atoms with Crippen molar-refractivity contribution in [2.45, 2.75) is 64.5 Å². The molecule has 0 aromatic rings. The smallest absolute Gasteiger partial charge is 0.0702 e. The van der Waals surface area contributed by atoms with Crippen molar-refractivity contribution >= 4 is 0 Å². The number of nitrogens with two attached hydrogens (primary N) is 1. The van der Waals surface area contributed by atoms with Crippen LogP contribution in [0, 0.1) is 5.41 Å². The minimum Gasteiger partial charge on any atom is -0.377 e. The SMILES string of the molecule is CCCOC1CCCN(CC2(C)CCCC2N)C1. The topological polar surface area (TPSA) is 38.5 Å². The van der Waals surface area contributed by atoms with Crippen molar-refractivity contribution in [2.24, 2.45) is 11.1 Å². The Morgan fingerprint density at radius 1 is 1.33 bits per heavy atom. The molecule has 0 amide bonds. The minimum absolute atomic E-state index is 0.340. The van der Waals surface area contributed by atoms with Gasteiger partial charge in [-0.05, 0) is 44.1 Å². The first kappa shape index (κ1) is 14.3. The summed E-state index contributed by atoms with van der Waals surface area (Å²) in [5.41, 5.74) is 6.63. The predicted molar refractivity (Wildman–Crippen MR) is 75.6 cm³/mol. The van der Waals surface area contributed by atoms with E-state index in [2.05, 4.69) is 18.7 Å². The van der Waals surface area contributed by atoms with Crippen molar-refractivity contribution in [1.29, 1.82) is 0 Å². The minimum atomic E-state index is 0.340.